The summed E-state index contributed by atoms with van der Waals surface area (Å²) in [6, 6.07) is 5.34. The van der Waals surface area contributed by atoms with E-state index in [9.17, 15) is 19.1 Å². The summed E-state index contributed by atoms with van der Waals surface area (Å²) < 4.78 is 21.3. The van der Waals surface area contributed by atoms with Gasteiger partial charge in [0.2, 0.25) is 6.86 Å². The number of hydrogen-bond donors (Lipinski definition) is 1. The average Bonchev–Trinajstić information content (AvgIpc) is 2.45. The lowest BCUT2D eigenvalue weighted by Gasteiger charge is -2.07. The van der Waals surface area contributed by atoms with Crippen LogP contribution in [-0.4, -0.2) is 36.0 Å². The molecule has 1 N–H and O–H groups in total. The minimum absolute atomic E-state index is 0.114. The molecule has 104 valence electrons. The molecule has 0 radical (unpaired) electrons. The Bertz CT molecular complexity index is 686. The molecule has 0 saturated carbocycles. The predicted molar refractivity (Wildman–Crippen MR) is 66.6 cm³/mol. The number of halogens is 1. The van der Waals surface area contributed by atoms with Crippen molar-refractivity contribution in [2.45, 2.75) is 0 Å². The number of carbonyl (C=O) groups excluding carboxylic acids is 1. The van der Waals surface area contributed by atoms with Crippen LogP contribution in [0.2, 0.25) is 0 Å². The number of alkyl halides is 1. The Morgan fingerprint density at radius 3 is 2.70 bits per heavy atom. The second kappa shape index (κ2) is 5.52. The molecular weight excluding hydrogens is 269 g/mol. The third-order valence-electron chi connectivity index (χ3n) is 2.63. The summed E-state index contributed by atoms with van der Waals surface area (Å²) in [6.07, 6.45) is 0. The van der Waals surface area contributed by atoms with Crippen molar-refractivity contribution in [3.05, 3.63) is 35.5 Å². The zero-order chi connectivity index (χ0) is 14.7. The number of carbonyl (C=O) groups is 2. The van der Waals surface area contributed by atoms with E-state index in [1.54, 1.807) is 0 Å². The number of methoxy groups -OCH3 is 1. The zero-order valence-electron chi connectivity index (χ0n) is 10.4. The number of carboxylic acid groups (broad SMARTS) is 1. The summed E-state index contributed by atoms with van der Waals surface area (Å²) in [7, 11) is 1.17. The van der Waals surface area contributed by atoms with Crippen LogP contribution >= 0.6 is 0 Å². The smallest absolute Gasteiger partial charge is 0.356 e. The first-order chi connectivity index (χ1) is 9.56. The minimum atomic E-state index is -1.24. The van der Waals surface area contributed by atoms with Crippen molar-refractivity contribution in [2.24, 2.45) is 0 Å². The second-order valence-electron chi connectivity index (χ2n) is 3.78. The van der Waals surface area contributed by atoms with Gasteiger partial charge >= 0.3 is 11.9 Å². The number of esters is 1. The highest BCUT2D eigenvalue weighted by molar-refractivity contribution is 6.05. The fraction of sp³-hybridized carbons (Fsp3) is 0.154. The summed E-state index contributed by atoms with van der Waals surface area (Å²) in [6.45, 7) is -1.03. The zero-order valence-corrected chi connectivity index (χ0v) is 10.4. The molecule has 0 spiro atoms. The van der Waals surface area contributed by atoms with Gasteiger partial charge in [-0.1, -0.05) is 0 Å². The van der Waals surface area contributed by atoms with Gasteiger partial charge in [0.05, 0.1) is 18.2 Å². The molecule has 0 aliphatic carbocycles. The van der Waals surface area contributed by atoms with Gasteiger partial charge in [-0.25, -0.2) is 19.0 Å². The standard InChI is InChI=1S/C13H10FNO5/c1-19-13(18)11-5-9(12(16)17)8-4-7(20-6-14)2-3-10(8)15-11/h2-5H,6H2,1H3,(H,16,17). The van der Waals surface area contributed by atoms with E-state index < -0.39 is 18.8 Å². The summed E-state index contributed by atoms with van der Waals surface area (Å²) in [5.41, 5.74) is 0.0211. The Hall–Kier alpha value is -2.70. The van der Waals surface area contributed by atoms with Crippen molar-refractivity contribution in [3.8, 4) is 5.75 Å². The lowest BCUT2D eigenvalue weighted by Crippen LogP contribution is -2.08. The van der Waals surface area contributed by atoms with E-state index in [2.05, 4.69) is 14.5 Å². The maximum Gasteiger partial charge on any atom is 0.356 e. The molecule has 0 atom stereocenters. The fourth-order valence-corrected chi connectivity index (χ4v) is 1.74. The number of fused-ring (bicyclic) bond motifs is 1. The molecule has 1 heterocycles. The molecule has 0 fully saturated rings. The van der Waals surface area contributed by atoms with Crippen LogP contribution in [0.4, 0.5) is 4.39 Å². The topological polar surface area (TPSA) is 85.7 Å². The van der Waals surface area contributed by atoms with Gasteiger partial charge in [0, 0.05) is 5.39 Å². The molecule has 7 heteroatoms. The van der Waals surface area contributed by atoms with E-state index in [0.29, 0.717) is 0 Å². The van der Waals surface area contributed by atoms with E-state index >= 15 is 0 Å². The highest BCUT2D eigenvalue weighted by atomic mass is 19.1. The Morgan fingerprint density at radius 1 is 1.35 bits per heavy atom. The SMILES string of the molecule is COC(=O)c1cc(C(=O)O)c2cc(OCF)ccc2n1. The number of aromatic nitrogens is 1. The first-order valence-electron chi connectivity index (χ1n) is 5.52. The summed E-state index contributed by atoms with van der Waals surface area (Å²) in [5, 5.41) is 9.43. The van der Waals surface area contributed by atoms with Crippen molar-refractivity contribution < 1.29 is 28.6 Å². The first kappa shape index (κ1) is 13.7. The van der Waals surface area contributed by atoms with E-state index in [0.717, 1.165) is 6.07 Å². The van der Waals surface area contributed by atoms with Crippen molar-refractivity contribution in [1.82, 2.24) is 4.98 Å². The highest BCUT2D eigenvalue weighted by Crippen LogP contribution is 2.24. The number of carboxylic acids is 1. The number of aromatic carboxylic acids is 1. The van der Waals surface area contributed by atoms with Crippen LogP contribution in [0.3, 0.4) is 0 Å². The molecule has 0 aliphatic rings. The van der Waals surface area contributed by atoms with Gasteiger partial charge in [0.1, 0.15) is 11.4 Å². The lowest BCUT2D eigenvalue weighted by molar-refractivity contribution is 0.0594. The molecule has 0 aliphatic heterocycles. The second-order valence-corrected chi connectivity index (χ2v) is 3.78. The van der Waals surface area contributed by atoms with Gasteiger partial charge in [-0.15, -0.1) is 0 Å². The number of pyridine rings is 1. The van der Waals surface area contributed by atoms with Gasteiger partial charge < -0.3 is 14.6 Å². The van der Waals surface area contributed by atoms with Crippen LogP contribution in [0.15, 0.2) is 24.3 Å². The Kier molecular flexibility index (Phi) is 3.79. The molecular formula is C13H10FNO5. The monoisotopic (exact) mass is 279 g/mol. The van der Waals surface area contributed by atoms with Gasteiger partial charge in [-0.05, 0) is 24.3 Å². The van der Waals surface area contributed by atoms with E-state index in [4.69, 9.17) is 0 Å². The van der Waals surface area contributed by atoms with Crippen molar-refractivity contribution in [3.63, 3.8) is 0 Å². The van der Waals surface area contributed by atoms with Crippen molar-refractivity contribution in [2.75, 3.05) is 14.0 Å². The third-order valence-corrected chi connectivity index (χ3v) is 2.63. The summed E-state index contributed by atoms with van der Waals surface area (Å²) >= 11 is 0. The number of benzene rings is 1. The largest absolute Gasteiger partial charge is 0.478 e. The van der Waals surface area contributed by atoms with E-state index in [-0.39, 0.29) is 27.9 Å². The van der Waals surface area contributed by atoms with Crippen molar-refractivity contribution in [1.29, 1.82) is 0 Å². The summed E-state index contributed by atoms with van der Waals surface area (Å²) in [5.74, 6) is -1.80. The Balaban J connectivity index is 2.68. The fourth-order valence-electron chi connectivity index (χ4n) is 1.74. The molecule has 2 rings (SSSR count). The van der Waals surface area contributed by atoms with Crippen molar-refractivity contribution >= 4 is 22.8 Å². The maximum absolute atomic E-state index is 12.1. The predicted octanol–water partition coefficient (Wildman–Crippen LogP) is 2.03. The van der Waals surface area contributed by atoms with E-state index in [1.807, 2.05) is 0 Å². The van der Waals surface area contributed by atoms with Gasteiger partial charge in [0.15, 0.2) is 0 Å². The van der Waals surface area contributed by atoms with Crippen LogP contribution in [0, 0.1) is 0 Å². The first-order valence-corrected chi connectivity index (χ1v) is 5.52. The number of rotatable bonds is 4. The van der Waals surface area contributed by atoms with Gasteiger partial charge in [-0.2, -0.15) is 0 Å². The number of hydrogen-bond acceptors (Lipinski definition) is 5. The molecule has 6 nitrogen and oxygen atoms in total. The average molecular weight is 279 g/mol. The molecule has 1 aromatic carbocycles. The number of ether oxygens (including phenoxy) is 2. The lowest BCUT2D eigenvalue weighted by atomic mass is 10.1. The highest BCUT2D eigenvalue weighted by Gasteiger charge is 2.16. The molecule has 0 bridgehead atoms. The van der Waals surface area contributed by atoms with Crippen LogP contribution in [0.1, 0.15) is 20.8 Å². The summed E-state index contributed by atoms with van der Waals surface area (Å²) in [4.78, 5) is 26.7. The van der Waals surface area contributed by atoms with Crippen LogP contribution in [0.5, 0.6) is 5.75 Å². The molecule has 20 heavy (non-hydrogen) atoms. The van der Waals surface area contributed by atoms with Gasteiger partial charge in [0.25, 0.3) is 0 Å². The Morgan fingerprint density at radius 2 is 2.10 bits per heavy atom. The third kappa shape index (κ3) is 2.51. The Labute approximate surface area is 112 Å². The van der Waals surface area contributed by atoms with Crippen LogP contribution in [-0.2, 0) is 4.74 Å². The minimum Gasteiger partial charge on any atom is -0.478 e. The molecule has 0 amide bonds. The van der Waals surface area contributed by atoms with Crippen LogP contribution < -0.4 is 4.74 Å². The number of nitrogens with zero attached hydrogens (tertiary/aromatic N) is 1. The molecule has 0 unspecified atom stereocenters. The van der Waals surface area contributed by atoms with Crippen LogP contribution in [0.25, 0.3) is 10.9 Å². The van der Waals surface area contributed by atoms with Gasteiger partial charge in [-0.3, -0.25) is 0 Å². The quantitative estimate of drug-likeness (QED) is 0.862. The molecule has 2 aromatic rings. The molecule has 0 saturated heterocycles. The molecule has 1 aromatic heterocycles. The van der Waals surface area contributed by atoms with E-state index in [1.165, 1.54) is 25.3 Å². The normalized spacial score (nSPS) is 10.3. The maximum atomic E-state index is 12.1.